The number of hydrogen-bond acceptors (Lipinski definition) is 6. The van der Waals surface area contributed by atoms with E-state index in [0.717, 1.165) is 32.6 Å². The number of methoxy groups -OCH3 is 2. The number of thiophene rings is 1. The number of alkyl halides is 3. The van der Waals surface area contributed by atoms with Gasteiger partial charge in [0, 0.05) is 34.1 Å². The molecule has 0 amide bonds. The highest BCUT2D eigenvalue weighted by Crippen LogP contribution is 2.43. The second kappa shape index (κ2) is 10.1. The van der Waals surface area contributed by atoms with E-state index in [9.17, 15) is 13.2 Å². The molecule has 2 heterocycles. The number of aliphatic imine (C=N–C) groups is 1. The first kappa shape index (κ1) is 26.0. The molecule has 1 aromatic heterocycles. The molecule has 0 fully saturated rings. The van der Waals surface area contributed by atoms with Crippen LogP contribution in [-0.2, 0) is 12.7 Å². The van der Waals surface area contributed by atoms with Crippen molar-refractivity contribution < 1.29 is 22.6 Å². The largest absolute Gasteiger partial charge is 0.493 e. The predicted octanol–water partition coefficient (Wildman–Crippen LogP) is 6.86. The Morgan fingerprint density at radius 1 is 1.06 bits per heavy atom. The zero-order valence-electron chi connectivity index (χ0n) is 21.2. The summed E-state index contributed by atoms with van der Waals surface area (Å²) in [6.45, 7) is 4.56. The van der Waals surface area contributed by atoms with E-state index in [-0.39, 0.29) is 12.2 Å². The molecule has 0 saturated carbocycles. The van der Waals surface area contributed by atoms with E-state index in [4.69, 9.17) is 9.47 Å². The highest BCUT2D eigenvalue weighted by molar-refractivity contribution is 7.15. The maximum atomic E-state index is 13.4. The lowest BCUT2D eigenvalue weighted by Crippen LogP contribution is -2.37. The summed E-state index contributed by atoms with van der Waals surface area (Å²) in [6.07, 6.45) is -2.64. The highest BCUT2D eigenvalue weighted by atomic mass is 32.1. The smallest absolute Gasteiger partial charge is 0.416 e. The average molecular weight is 518 g/mol. The van der Waals surface area contributed by atoms with E-state index in [1.54, 1.807) is 31.6 Å². The fourth-order valence-electron chi connectivity index (χ4n) is 4.55. The van der Waals surface area contributed by atoms with E-state index in [1.807, 2.05) is 56.4 Å². The first-order valence-electron chi connectivity index (χ1n) is 11.6. The summed E-state index contributed by atoms with van der Waals surface area (Å²) >= 11 is 1.59. The summed E-state index contributed by atoms with van der Waals surface area (Å²) in [5.41, 5.74) is 2.76. The van der Waals surface area contributed by atoms with Crippen molar-refractivity contribution in [1.82, 2.24) is 4.90 Å². The van der Waals surface area contributed by atoms with Crippen molar-refractivity contribution in [3.8, 4) is 21.9 Å². The maximum Gasteiger partial charge on any atom is 0.416 e. The lowest BCUT2D eigenvalue weighted by molar-refractivity contribution is -0.137. The molecule has 36 heavy (non-hydrogen) atoms. The average Bonchev–Trinajstić information content (AvgIpc) is 3.32. The summed E-state index contributed by atoms with van der Waals surface area (Å²) in [4.78, 5) is 10.8. The van der Waals surface area contributed by atoms with Crippen molar-refractivity contribution in [1.29, 1.82) is 0 Å². The van der Waals surface area contributed by atoms with Gasteiger partial charge < -0.3 is 19.3 Å². The normalized spacial score (nSPS) is 16.3. The van der Waals surface area contributed by atoms with Crippen molar-refractivity contribution in [2.45, 2.75) is 38.8 Å². The zero-order valence-corrected chi connectivity index (χ0v) is 22.0. The third-order valence-corrected chi connectivity index (χ3v) is 7.57. The molecule has 3 aromatic rings. The minimum atomic E-state index is -4.38. The summed E-state index contributed by atoms with van der Waals surface area (Å²) in [6, 6.07) is 11.9. The van der Waals surface area contributed by atoms with Crippen LogP contribution < -0.4 is 14.4 Å². The molecule has 2 aromatic carbocycles. The summed E-state index contributed by atoms with van der Waals surface area (Å²) < 4.78 is 51.1. The van der Waals surface area contributed by atoms with Crippen molar-refractivity contribution >= 4 is 23.2 Å². The molecule has 9 heteroatoms. The molecule has 2 atom stereocenters. The molecule has 0 radical (unpaired) electrons. The molecule has 1 aliphatic heterocycles. The van der Waals surface area contributed by atoms with Gasteiger partial charge in [-0.3, -0.25) is 4.99 Å². The van der Waals surface area contributed by atoms with Crippen molar-refractivity contribution in [2.75, 3.05) is 33.2 Å². The SMILES string of the molecule is COc1cc2c(cc1OC)N(C(C)c1ccc(-c3ccc(C(F)(F)F)cc3CN(C)C)s1)C(C)N=C2. The summed E-state index contributed by atoms with van der Waals surface area (Å²) in [7, 11) is 6.92. The Morgan fingerprint density at radius 3 is 2.39 bits per heavy atom. The molecule has 0 N–H and O–H groups in total. The Kier molecular flexibility index (Phi) is 7.33. The first-order valence-corrected chi connectivity index (χ1v) is 12.4. The topological polar surface area (TPSA) is 37.3 Å². The first-order chi connectivity index (χ1) is 17.0. The van der Waals surface area contributed by atoms with E-state index in [0.29, 0.717) is 23.6 Å². The number of hydrogen-bond donors (Lipinski definition) is 0. The van der Waals surface area contributed by atoms with E-state index < -0.39 is 11.7 Å². The molecule has 4 rings (SSSR count). The van der Waals surface area contributed by atoms with Crippen LogP contribution in [0.15, 0.2) is 47.5 Å². The van der Waals surface area contributed by atoms with E-state index in [1.165, 1.54) is 6.07 Å². The van der Waals surface area contributed by atoms with Crippen LogP contribution in [0.3, 0.4) is 0 Å². The second-order valence-corrected chi connectivity index (χ2v) is 10.2. The summed E-state index contributed by atoms with van der Waals surface area (Å²) in [5.74, 6) is 1.28. The van der Waals surface area contributed by atoms with Crippen molar-refractivity contribution in [3.05, 3.63) is 64.0 Å². The fraction of sp³-hybridized carbons (Fsp3) is 0.370. The Labute approximate surface area is 213 Å². The Bertz CT molecular complexity index is 1270. The quantitative estimate of drug-likeness (QED) is 0.343. The van der Waals surface area contributed by atoms with Gasteiger partial charge in [0.2, 0.25) is 0 Å². The maximum absolute atomic E-state index is 13.4. The molecule has 0 aliphatic carbocycles. The molecule has 0 spiro atoms. The molecule has 0 saturated heterocycles. The van der Waals surface area contributed by atoms with Gasteiger partial charge >= 0.3 is 6.18 Å². The van der Waals surface area contributed by atoms with Crippen LogP contribution in [-0.4, -0.2) is 45.6 Å². The molecule has 192 valence electrons. The standard InChI is InChI=1S/C27H30F3N3O2S/c1-16(33-17(2)31-14-18-12-23(34-5)24(35-6)13-22(18)33)25-9-10-26(36-25)21-8-7-20(27(28,29)30)11-19(21)15-32(3)4/h7-14,16-17H,15H2,1-6H3. The molecule has 1 aliphatic rings. The number of fused-ring (bicyclic) bond motifs is 1. The Morgan fingerprint density at radius 2 is 1.75 bits per heavy atom. The number of nitrogens with zero attached hydrogens (tertiary/aromatic N) is 3. The summed E-state index contributed by atoms with van der Waals surface area (Å²) in [5, 5.41) is 0. The van der Waals surface area contributed by atoms with Crippen LogP contribution in [0.1, 0.15) is 41.5 Å². The van der Waals surface area contributed by atoms with Gasteiger partial charge in [-0.1, -0.05) is 6.07 Å². The monoisotopic (exact) mass is 517 g/mol. The van der Waals surface area contributed by atoms with Crippen LogP contribution in [0.25, 0.3) is 10.4 Å². The third kappa shape index (κ3) is 5.08. The zero-order chi connectivity index (χ0) is 26.2. The van der Waals surface area contributed by atoms with Crippen LogP contribution in [0.4, 0.5) is 18.9 Å². The van der Waals surface area contributed by atoms with Gasteiger partial charge in [0.25, 0.3) is 0 Å². The molecule has 5 nitrogen and oxygen atoms in total. The van der Waals surface area contributed by atoms with Gasteiger partial charge in [0.05, 0.1) is 31.5 Å². The minimum absolute atomic E-state index is 0.0280. The van der Waals surface area contributed by atoms with E-state index >= 15 is 0 Å². The van der Waals surface area contributed by atoms with Gasteiger partial charge in [0.15, 0.2) is 11.5 Å². The van der Waals surface area contributed by atoms with Crippen molar-refractivity contribution in [3.63, 3.8) is 0 Å². The van der Waals surface area contributed by atoms with Crippen LogP contribution in [0.2, 0.25) is 0 Å². The number of halogens is 3. The van der Waals surface area contributed by atoms with Gasteiger partial charge in [-0.2, -0.15) is 13.2 Å². The third-order valence-electron chi connectivity index (χ3n) is 6.28. The molecular formula is C27H30F3N3O2S. The number of rotatable bonds is 7. The Balaban J connectivity index is 1.71. The lowest BCUT2D eigenvalue weighted by Gasteiger charge is -2.38. The van der Waals surface area contributed by atoms with Gasteiger partial charge in [-0.05, 0) is 69.4 Å². The van der Waals surface area contributed by atoms with Gasteiger partial charge in [0.1, 0.15) is 6.17 Å². The molecule has 0 bridgehead atoms. The number of anilines is 1. The van der Waals surface area contributed by atoms with E-state index in [2.05, 4.69) is 16.8 Å². The second-order valence-electron chi connectivity index (χ2n) is 9.07. The van der Waals surface area contributed by atoms with Crippen LogP contribution in [0.5, 0.6) is 11.5 Å². The van der Waals surface area contributed by atoms with Gasteiger partial charge in [-0.15, -0.1) is 11.3 Å². The Hall–Kier alpha value is -3.04. The van der Waals surface area contributed by atoms with Crippen molar-refractivity contribution in [2.24, 2.45) is 4.99 Å². The van der Waals surface area contributed by atoms with Crippen LogP contribution >= 0.6 is 11.3 Å². The number of benzene rings is 2. The predicted molar refractivity (Wildman–Crippen MR) is 140 cm³/mol. The lowest BCUT2D eigenvalue weighted by atomic mass is 10.0. The minimum Gasteiger partial charge on any atom is -0.493 e. The number of ether oxygens (including phenoxy) is 2. The molecular weight excluding hydrogens is 487 g/mol. The fourth-order valence-corrected chi connectivity index (χ4v) is 5.66. The highest BCUT2D eigenvalue weighted by Gasteiger charge is 2.32. The van der Waals surface area contributed by atoms with Crippen LogP contribution in [0, 0.1) is 0 Å². The molecule has 2 unspecified atom stereocenters. The van der Waals surface area contributed by atoms with Gasteiger partial charge in [-0.25, -0.2) is 0 Å².